The molecule has 2 aromatic heterocycles. The quantitative estimate of drug-likeness (QED) is 0.857. The number of hydrogen-bond acceptors (Lipinski definition) is 6. The molecule has 0 atom stereocenters. The number of aromatic nitrogens is 4. The first-order valence-corrected chi connectivity index (χ1v) is 5.60. The molecule has 2 aromatic rings. The molecule has 0 fully saturated rings. The molecular weight excluding hydrogens is 230 g/mol. The summed E-state index contributed by atoms with van der Waals surface area (Å²) in [4.78, 5) is 11.8. The van der Waals surface area contributed by atoms with Crippen molar-refractivity contribution in [2.75, 3.05) is 6.61 Å². The molecule has 0 aliphatic carbocycles. The maximum atomic E-state index is 11.0. The highest BCUT2D eigenvalue weighted by Gasteiger charge is 2.09. The second-order valence-electron chi connectivity index (χ2n) is 3.01. The molecule has 2 heterocycles. The van der Waals surface area contributed by atoms with E-state index in [0.29, 0.717) is 13.2 Å². The summed E-state index contributed by atoms with van der Waals surface area (Å²) in [5, 5.41) is 15.4. The average molecular weight is 241 g/mol. The Morgan fingerprint density at radius 3 is 3.06 bits per heavy atom. The van der Waals surface area contributed by atoms with Crippen LogP contribution in [-0.2, 0) is 11.3 Å². The summed E-state index contributed by atoms with van der Waals surface area (Å²) < 4.78 is 6.38. The normalized spacial score (nSPS) is 10.6. The molecule has 86 valence electrons. The molecule has 1 amide bonds. The third-order valence-electron chi connectivity index (χ3n) is 1.85. The van der Waals surface area contributed by atoms with Crippen LogP contribution in [0.25, 0.3) is 4.96 Å². The monoisotopic (exact) mass is 241 g/mol. The summed E-state index contributed by atoms with van der Waals surface area (Å²) in [6.45, 7) is 4.27. The summed E-state index contributed by atoms with van der Waals surface area (Å²) >= 11 is 1.39. The molecule has 0 saturated heterocycles. The van der Waals surface area contributed by atoms with Crippen LogP contribution in [0.3, 0.4) is 0 Å². The minimum absolute atomic E-state index is 0.340. The van der Waals surface area contributed by atoms with Crippen molar-refractivity contribution in [1.82, 2.24) is 25.1 Å². The summed E-state index contributed by atoms with van der Waals surface area (Å²) in [5.41, 5.74) is 0. The number of nitrogens with one attached hydrogen (secondary N) is 1. The van der Waals surface area contributed by atoms with Gasteiger partial charge in [0.25, 0.3) is 0 Å². The summed E-state index contributed by atoms with van der Waals surface area (Å²) in [6, 6.07) is 0. The fraction of sp³-hybridized carbons (Fsp3) is 0.500. The molecule has 2 rings (SSSR count). The van der Waals surface area contributed by atoms with E-state index in [0.717, 1.165) is 15.8 Å². The Morgan fingerprint density at radius 1 is 1.56 bits per heavy atom. The SMILES string of the molecule is CCOC(=O)NCc1nn2c(C)nnc2s1. The van der Waals surface area contributed by atoms with Gasteiger partial charge in [0, 0.05) is 0 Å². The number of rotatable bonds is 3. The van der Waals surface area contributed by atoms with Gasteiger partial charge in [-0.1, -0.05) is 11.3 Å². The largest absolute Gasteiger partial charge is 0.450 e. The number of hydrogen-bond donors (Lipinski definition) is 1. The van der Waals surface area contributed by atoms with Gasteiger partial charge in [0.05, 0.1) is 13.2 Å². The Balaban J connectivity index is 2.02. The van der Waals surface area contributed by atoms with E-state index in [1.165, 1.54) is 11.3 Å². The lowest BCUT2D eigenvalue weighted by atomic mass is 10.7. The molecule has 0 bridgehead atoms. The molecule has 7 nitrogen and oxygen atoms in total. The predicted molar refractivity (Wildman–Crippen MR) is 57.3 cm³/mol. The van der Waals surface area contributed by atoms with Crippen LogP contribution in [0.2, 0.25) is 0 Å². The van der Waals surface area contributed by atoms with E-state index in [9.17, 15) is 4.79 Å². The Morgan fingerprint density at radius 2 is 2.38 bits per heavy atom. The van der Waals surface area contributed by atoms with Gasteiger partial charge >= 0.3 is 6.09 Å². The van der Waals surface area contributed by atoms with Gasteiger partial charge in [0.2, 0.25) is 4.96 Å². The molecule has 0 aromatic carbocycles. The fourth-order valence-electron chi connectivity index (χ4n) is 1.16. The van der Waals surface area contributed by atoms with Crippen LogP contribution in [0.4, 0.5) is 4.79 Å². The number of carbonyl (C=O) groups excluding carboxylic acids is 1. The van der Waals surface area contributed by atoms with E-state index >= 15 is 0 Å². The zero-order valence-electron chi connectivity index (χ0n) is 8.93. The minimum atomic E-state index is -0.440. The van der Waals surface area contributed by atoms with E-state index in [-0.39, 0.29) is 0 Å². The van der Waals surface area contributed by atoms with Crippen molar-refractivity contribution in [3.63, 3.8) is 0 Å². The molecule has 0 radical (unpaired) electrons. The van der Waals surface area contributed by atoms with Crippen molar-refractivity contribution >= 4 is 22.4 Å². The highest BCUT2D eigenvalue weighted by atomic mass is 32.1. The van der Waals surface area contributed by atoms with Crippen LogP contribution in [-0.4, -0.2) is 32.5 Å². The number of ether oxygens (including phenoxy) is 1. The van der Waals surface area contributed by atoms with Gasteiger partial charge in [-0.05, 0) is 13.8 Å². The Hall–Kier alpha value is -1.70. The van der Waals surface area contributed by atoms with E-state index in [1.807, 2.05) is 6.92 Å². The van der Waals surface area contributed by atoms with Gasteiger partial charge in [-0.25, -0.2) is 4.79 Å². The van der Waals surface area contributed by atoms with Crippen LogP contribution in [0, 0.1) is 6.92 Å². The van der Waals surface area contributed by atoms with Crippen LogP contribution in [0.5, 0.6) is 0 Å². The van der Waals surface area contributed by atoms with Gasteiger partial charge in [-0.3, -0.25) is 0 Å². The number of aryl methyl sites for hydroxylation is 1. The lowest BCUT2D eigenvalue weighted by molar-refractivity contribution is 0.151. The first-order valence-electron chi connectivity index (χ1n) is 4.79. The van der Waals surface area contributed by atoms with Crippen molar-refractivity contribution in [2.45, 2.75) is 20.4 Å². The topological polar surface area (TPSA) is 81.4 Å². The van der Waals surface area contributed by atoms with E-state index in [4.69, 9.17) is 4.74 Å². The summed E-state index contributed by atoms with van der Waals surface area (Å²) in [6.07, 6.45) is -0.440. The number of amides is 1. The second kappa shape index (κ2) is 4.44. The third-order valence-corrected chi connectivity index (χ3v) is 2.75. The zero-order valence-corrected chi connectivity index (χ0v) is 9.74. The van der Waals surface area contributed by atoms with Crippen LogP contribution in [0.1, 0.15) is 17.8 Å². The van der Waals surface area contributed by atoms with Crippen molar-refractivity contribution in [3.05, 3.63) is 10.8 Å². The van der Waals surface area contributed by atoms with Gasteiger partial charge in [0.1, 0.15) is 5.01 Å². The second-order valence-corrected chi connectivity index (χ2v) is 4.05. The highest BCUT2D eigenvalue weighted by Crippen LogP contribution is 2.12. The summed E-state index contributed by atoms with van der Waals surface area (Å²) in [7, 11) is 0. The number of nitrogens with zero attached hydrogens (tertiary/aromatic N) is 4. The summed E-state index contributed by atoms with van der Waals surface area (Å²) in [5.74, 6) is 0.730. The Kier molecular flexibility index (Phi) is 3.00. The van der Waals surface area contributed by atoms with E-state index in [2.05, 4.69) is 20.6 Å². The van der Waals surface area contributed by atoms with Crippen molar-refractivity contribution < 1.29 is 9.53 Å². The lowest BCUT2D eigenvalue weighted by Crippen LogP contribution is -2.23. The number of alkyl carbamates (subject to hydrolysis) is 1. The smallest absolute Gasteiger partial charge is 0.407 e. The fourth-order valence-corrected chi connectivity index (χ4v) is 1.97. The van der Waals surface area contributed by atoms with Crippen molar-refractivity contribution in [1.29, 1.82) is 0 Å². The van der Waals surface area contributed by atoms with E-state index < -0.39 is 6.09 Å². The molecule has 8 heteroatoms. The maximum absolute atomic E-state index is 11.0. The van der Waals surface area contributed by atoms with Crippen LogP contribution in [0.15, 0.2) is 0 Å². The standard InChI is InChI=1S/C8H11N5O2S/c1-3-15-8(14)9-4-6-12-13-5(2)10-11-7(13)16-6/h3-4H2,1-2H3,(H,9,14). The molecule has 0 saturated carbocycles. The molecule has 0 aliphatic heterocycles. The molecule has 0 aliphatic rings. The van der Waals surface area contributed by atoms with Crippen molar-refractivity contribution in [2.24, 2.45) is 0 Å². The van der Waals surface area contributed by atoms with Crippen LogP contribution < -0.4 is 5.32 Å². The maximum Gasteiger partial charge on any atom is 0.407 e. The van der Waals surface area contributed by atoms with Gasteiger partial charge < -0.3 is 10.1 Å². The third kappa shape index (κ3) is 2.11. The number of carbonyl (C=O) groups is 1. The predicted octanol–water partition coefficient (Wildman–Crippen LogP) is 0.740. The molecule has 16 heavy (non-hydrogen) atoms. The molecule has 0 unspecified atom stereocenters. The first-order chi connectivity index (χ1) is 7.70. The zero-order chi connectivity index (χ0) is 11.5. The highest BCUT2D eigenvalue weighted by molar-refractivity contribution is 7.16. The molecule has 0 spiro atoms. The first kappa shape index (κ1) is 10.8. The van der Waals surface area contributed by atoms with E-state index in [1.54, 1.807) is 11.4 Å². The van der Waals surface area contributed by atoms with Gasteiger partial charge in [0.15, 0.2) is 5.82 Å². The number of fused-ring (bicyclic) bond motifs is 1. The lowest BCUT2D eigenvalue weighted by Gasteiger charge is -2.01. The average Bonchev–Trinajstić information content (AvgIpc) is 2.79. The van der Waals surface area contributed by atoms with Crippen LogP contribution >= 0.6 is 11.3 Å². The van der Waals surface area contributed by atoms with Gasteiger partial charge in [-0.15, -0.1) is 10.2 Å². The molecular formula is C8H11N5O2S. The molecule has 1 N–H and O–H groups in total. The Labute approximate surface area is 95.4 Å². The minimum Gasteiger partial charge on any atom is -0.450 e. The van der Waals surface area contributed by atoms with Crippen molar-refractivity contribution in [3.8, 4) is 0 Å². The Bertz CT molecular complexity index is 505. The van der Waals surface area contributed by atoms with Gasteiger partial charge in [-0.2, -0.15) is 9.61 Å².